The molecule has 0 unspecified atom stereocenters. The first-order valence-electron chi connectivity index (χ1n) is 13.0. The Morgan fingerprint density at radius 3 is 2.54 bits per heavy atom. The number of fused-ring (bicyclic) bond motifs is 2. The van der Waals surface area contributed by atoms with Gasteiger partial charge in [0.2, 0.25) is 11.9 Å². The highest BCUT2D eigenvalue weighted by Crippen LogP contribution is 2.31. The Kier molecular flexibility index (Phi) is 6.15. The van der Waals surface area contributed by atoms with Crippen LogP contribution in [0, 0.1) is 0 Å². The Bertz CT molecular complexity index is 1450. The van der Waals surface area contributed by atoms with Gasteiger partial charge in [0.1, 0.15) is 11.9 Å². The summed E-state index contributed by atoms with van der Waals surface area (Å²) in [5.41, 5.74) is 3.32. The van der Waals surface area contributed by atoms with Gasteiger partial charge >= 0.3 is 0 Å². The minimum Gasteiger partial charge on any atom is -0.461 e. The maximum absolute atomic E-state index is 11.7. The molecule has 2 saturated heterocycles. The lowest BCUT2D eigenvalue weighted by molar-refractivity contribution is -0.130. The molecule has 1 amide bonds. The number of para-hydroxylation sites is 2. The summed E-state index contributed by atoms with van der Waals surface area (Å²) in [7, 11) is 1.93. The number of likely N-dealkylation sites (tertiary alicyclic amines) is 1. The first-order valence-corrected chi connectivity index (χ1v) is 13.0. The SMILES string of the molecule is CCc1nc2ccccc2n1-c1nc(N2CCOCC2)c2nc(OC3CCN(C(C)=O)CC3)n(C)c2n1. The topological polar surface area (TPSA) is 103 Å². The van der Waals surface area contributed by atoms with E-state index in [9.17, 15) is 4.79 Å². The summed E-state index contributed by atoms with van der Waals surface area (Å²) in [5, 5.41) is 0. The van der Waals surface area contributed by atoms with E-state index in [-0.39, 0.29) is 12.0 Å². The van der Waals surface area contributed by atoms with Crippen molar-refractivity contribution in [3.05, 3.63) is 30.1 Å². The first kappa shape index (κ1) is 23.7. The minimum absolute atomic E-state index is 0.00494. The number of aryl methyl sites for hydroxylation is 2. The van der Waals surface area contributed by atoms with Crippen LogP contribution in [0.25, 0.3) is 28.1 Å². The van der Waals surface area contributed by atoms with Gasteiger partial charge in [0, 0.05) is 59.4 Å². The van der Waals surface area contributed by atoms with Crippen LogP contribution in [0.5, 0.6) is 6.01 Å². The van der Waals surface area contributed by atoms with Crippen LogP contribution in [0.15, 0.2) is 24.3 Å². The molecular weight excluding hydrogens is 472 g/mol. The molecule has 2 fully saturated rings. The molecule has 4 aromatic rings. The highest BCUT2D eigenvalue weighted by Gasteiger charge is 2.27. The van der Waals surface area contributed by atoms with Gasteiger partial charge in [-0.15, -0.1) is 0 Å². The van der Waals surface area contributed by atoms with Gasteiger partial charge < -0.3 is 19.3 Å². The quantitative estimate of drug-likeness (QED) is 0.408. The molecule has 0 atom stereocenters. The fourth-order valence-electron chi connectivity index (χ4n) is 5.19. The zero-order valence-electron chi connectivity index (χ0n) is 21.6. The zero-order chi connectivity index (χ0) is 25.5. The fraction of sp³-hybridized carbons (Fsp3) is 0.500. The molecule has 2 aliphatic rings. The van der Waals surface area contributed by atoms with E-state index in [1.54, 1.807) is 6.92 Å². The van der Waals surface area contributed by atoms with Crippen molar-refractivity contribution < 1.29 is 14.3 Å². The largest absolute Gasteiger partial charge is 0.461 e. The second-order valence-electron chi connectivity index (χ2n) is 9.60. The van der Waals surface area contributed by atoms with Gasteiger partial charge in [0.05, 0.1) is 24.2 Å². The summed E-state index contributed by atoms with van der Waals surface area (Å²) in [5.74, 6) is 2.37. The average Bonchev–Trinajstić information content (AvgIpc) is 3.46. The molecule has 0 aliphatic carbocycles. The normalized spacial score (nSPS) is 17.2. The smallest absolute Gasteiger partial charge is 0.298 e. The van der Waals surface area contributed by atoms with Crippen LogP contribution in [0.1, 0.15) is 32.5 Å². The van der Waals surface area contributed by atoms with Crippen LogP contribution in [0.4, 0.5) is 5.82 Å². The van der Waals surface area contributed by atoms with Gasteiger partial charge in [0.15, 0.2) is 17.0 Å². The highest BCUT2D eigenvalue weighted by atomic mass is 16.5. The van der Waals surface area contributed by atoms with E-state index in [0.717, 1.165) is 55.0 Å². The number of hydrogen-bond donors (Lipinski definition) is 0. The molecule has 0 radical (unpaired) electrons. The summed E-state index contributed by atoms with van der Waals surface area (Å²) >= 11 is 0. The van der Waals surface area contributed by atoms with E-state index in [2.05, 4.69) is 17.9 Å². The van der Waals surface area contributed by atoms with Crippen LogP contribution < -0.4 is 9.64 Å². The van der Waals surface area contributed by atoms with Gasteiger partial charge in [-0.2, -0.15) is 15.0 Å². The summed E-state index contributed by atoms with van der Waals surface area (Å²) < 4.78 is 15.9. The summed E-state index contributed by atoms with van der Waals surface area (Å²) in [6, 6.07) is 8.58. The number of benzene rings is 1. The number of hydrogen-bond acceptors (Lipinski definition) is 8. The number of carbonyl (C=O) groups is 1. The predicted octanol–water partition coefficient (Wildman–Crippen LogP) is 2.49. The van der Waals surface area contributed by atoms with Crippen LogP contribution in [-0.4, -0.2) is 85.4 Å². The van der Waals surface area contributed by atoms with Gasteiger partial charge in [-0.25, -0.2) is 4.98 Å². The number of ether oxygens (including phenoxy) is 2. The molecule has 3 aromatic heterocycles. The predicted molar refractivity (Wildman–Crippen MR) is 139 cm³/mol. The van der Waals surface area contributed by atoms with Crippen molar-refractivity contribution in [1.82, 2.24) is 34.0 Å². The number of morpholine rings is 1. The third kappa shape index (κ3) is 4.26. The van der Waals surface area contributed by atoms with Crippen molar-refractivity contribution in [2.45, 2.75) is 39.2 Å². The molecule has 0 N–H and O–H groups in total. The number of piperidine rings is 1. The fourth-order valence-corrected chi connectivity index (χ4v) is 5.19. The molecule has 11 heteroatoms. The lowest BCUT2D eigenvalue weighted by Crippen LogP contribution is -2.40. The molecule has 37 heavy (non-hydrogen) atoms. The van der Waals surface area contributed by atoms with E-state index < -0.39 is 0 Å². The summed E-state index contributed by atoms with van der Waals surface area (Å²) in [6.07, 6.45) is 2.30. The first-order chi connectivity index (χ1) is 18.0. The van der Waals surface area contributed by atoms with Crippen molar-refractivity contribution in [3.63, 3.8) is 0 Å². The molecule has 0 bridgehead atoms. The Balaban J connectivity index is 1.44. The Morgan fingerprint density at radius 1 is 1.05 bits per heavy atom. The lowest BCUT2D eigenvalue weighted by atomic mass is 10.1. The Labute approximate surface area is 215 Å². The second kappa shape index (κ2) is 9.62. The van der Waals surface area contributed by atoms with Crippen molar-refractivity contribution in [2.24, 2.45) is 7.05 Å². The highest BCUT2D eigenvalue weighted by molar-refractivity contribution is 5.86. The third-order valence-corrected chi connectivity index (χ3v) is 7.26. The maximum Gasteiger partial charge on any atom is 0.298 e. The maximum atomic E-state index is 11.7. The second-order valence-corrected chi connectivity index (χ2v) is 9.60. The Hall–Kier alpha value is -3.73. The van der Waals surface area contributed by atoms with Crippen LogP contribution >= 0.6 is 0 Å². The Morgan fingerprint density at radius 2 is 1.81 bits per heavy atom. The molecule has 5 heterocycles. The molecule has 11 nitrogen and oxygen atoms in total. The van der Waals surface area contributed by atoms with E-state index in [1.807, 2.05) is 39.3 Å². The van der Waals surface area contributed by atoms with Gasteiger partial charge in [-0.3, -0.25) is 13.9 Å². The van der Waals surface area contributed by atoms with Crippen molar-refractivity contribution in [1.29, 1.82) is 0 Å². The number of nitrogens with zero attached hydrogens (tertiary/aromatic N) is 8. The van der Waals surface area contributed by atoms with Crippen LogP contribution in [-0.2, 0) is 23.0 Å². The average molecular weight is 505 g/mol. The molecule has 2 aliphatic heterocycles. The van der Waals surface area contributed by atoms with E-state index >= 15 is 0 Å². The molecule has 0 spiro atoms. The molecule has 6 rings (SSSR count). The van der Waals surface area contributed by atoms with E-state index in [1.165, 1.54) is 0 Å². The number of carbonyl (C=O) groups excluding carboxylic acids is 1. The number of aromatic nitrogens is 6. The number of amides is 1. The zero-order valence-corrected chi connectivity index (χ0v) is 21.6. The van der Waals surface area contributed by atoms with Gasteiger partial charge in [0.25, 0.3) is 6.01 Å². The monoisotopic (exact) mass is 504 g/mol. The molecular formula is C26H32N8O3. The van der Waals surface area contributed by atoms with E-state index in [0.29, 0.717) is 49.4 Å². The van der Waals surface area contributed by atoms with Gasteiger partial charge in [-0.1, -0.05) is 19.1 Å². The van der Waals surface area contributed by atoms with Crippen LogP contribution in [0.2, 0.25) is 0 Å². The standard InChI is InChI=1S/C26H32N8O3/c1-4-21-27-19-7-5-6-8-20(19)34(21)25-29-23-22(24(30-25)33-13-15-36-16-14-33)28-26(31(23)3)37-18-9-11-32(12-10-18)17(2)35/h5-8,18H,4,9-16H2,1-3H3. The van der Waals surface area contributed by atoms with E-state index in [4.69, 9.17) is 29.4 Å². The van der Waals surface area contributed by atoms with Crippen LogP contribution in [0.3, 0.4) is 0 Å². The number of rotatable bonds is 5. The van der Waals surface area contributed by atoms with Crippen molar-refractivity contribution in [3.8, 4) is 12.0 Å². The molecule has 0 saturated carbocycles. The van der Waals surface area contributed by atoms with Crippen molar-refractivity contribution in [2.75, 3.05) is 44.3 Å². The summed E-state index contributed by atoms with van der Waals surface area (Å²) in [4.78, 5) is 35.6. The number of imidazole rings is 2. The minimum atomic E-state index is -0.00494. The van der Waals surface area contributed by atoms with Gasteiger partial charge in [-0.05, 0) is 12.1 Å². The third-order valence-electron chi connectivity index (χ3n) is 7.26. The lowest BCUT2D eigenvalue weighted by Gasteiger charge is -2.31. The summed E-state index contributed by atoms with van der Waals surface area (Å²) in [6.45, 7) is 7.83. The number of anilines is 1. The molecule has 1 aromatic carbocycles. The van der Waals surface area contributed by atoms with Crippen molar-refractivity contribution >= 4 is 33.9 Å². The molecule has 194 valence electrons.